The molecule has 1 amide bonds. The number of nitrogens with one attached hydrogen (secondary N) is 1. The van der Waals surface area contributed by atoms with Gasteiger partial charge in [0.15, 0.2) is 11.5 Å². The number of aryl methyl sites for hydroxylation is 1. The summed E-state index contributed by atoms with van der Waals surface area (Å²) in [6.45, 7) is 2.56. The van der Waals surface area contributed by atoms with Gasteiger partial charge < -0.3 is 14.8 Å². The number of hydrogen-bond acceptors (Lipinski definition) is 5. The van der Waals surface area contributed by atoms with E-state index >= 15 is 0 Å². The first kappa shape index (κ1) is 18.9. The van der Waals surface area contributed by atoms with Gasteiger partial charge in [0, 0.05) is 23.1 Å². The number of thiazole rings is 1. The van der Waals surface area contributed by atoms with E-state index in [1.807, 2.05) is 6.92 Å². The number of methoxy groups -OCH3 is 2. The quantitative estimate of drug-likeness (QED) is 0.668. The van der Waals surface area contributed by atoms with Crippen molar-refractivity contribution in [1.29, 1.82) is 0 Å². The molecule has 6 heteroatoms. The van der Waals surface area contributed by atoms with E-state index in [-0.39, 0.29) is 5.91 Å². The molecule has 1 aromatic heterocycles. The van der Waals surface area contributed by atoms with Crippen LogP contribution in [0.25, 0.3) is 11.3 Å². The first-order valence-electron chi connectivity index (χ1n) is 8.62. The molecule has 5 nitrogen and oxygen atoms in total. The SMILES string of the molecule is COc1ccc(C(=O)NCCc2ccc(-c3csc(C)n3)cc2)cc1OC. The molecule has 0 fully saturated rings. The molecule has 2 aromatic carbocycles. The van der Waals surface area contributed by atoms with E-state index in [0.717, 1.165) is 22.7 Å². The van der Waals surface area contributed by atoms with Crippen LogP contribution in [0.1, 0.15) is 20.9 Å². The summed E-state index contributed by atoms with van der Waals surface area (Å²) >= 11 is 1.65. The minimum absolute atomic E-state index is 0.134. The molecular weight excluding hydrogens is 360 g/mol. The smallest absolute Gasteiger partial charge is 0.251 e. The summed E-state index contributed by atoms with van der Waals surface area (Å²) in [4.78, 5) is 16.8. The monoisotopic (exact) mass is 382 g/mol. The van der Waals surface area contributed by atoms with E-state index in [1.165, 1.54) is 5.56 Å². The lowest BCUT2D eigenvalue weighted by Gasteiger charge is -2.10. The molecule has 0 aliphatic carbocycles. The summed E-state index contributed by atoms with van der Waals surface area (Å²) in [7, 11) is 3.12. The average molecular weight is 382 g/mol. The first-order valence-corrected chi connectivity index (χ1v) is 9.50. The highest BCUT2D eigenvalue weighted by molar-refractivity contribution is 7.09. The zero-order valence-corrected chi connectivity index (χ0v) is 16.4. The predicted molar refractivity (Wildman–Crippen MR) is 108 cm³/mol. The van der Waals surface area contributed by atoms with Crippen LogP contribution < -0.4 is 14.8 Å². The fourth-order valence-corrected chi connectivity index (χ4v) is 3.36. The summed E-state index contributed by atoms with van der Waals surface area (Å²) in [5.74, 6) is 1.01. The highest BCUT2D eigenvalue weighted by atomic mass is 32.1. The van der Waals surface area contributed by atoms with Crippen molar-refractivity contribution >= 4 is 17.2 Å². The predicted octanol–water partition coefficient (Wildman–Crippen LogP) is 4.11. The Kier molecular flexibility index (Phi) is 6.08. The fraction of sp³-hybridized carbons (Fsp3) is 0.238. The van der Waals surface area contributed by atoms with E-state index in [2.05, 4.69) is 39.9 Å². The number of rotatable bonds is 7. The molecule has 3 rings (SSSR count). The number of aromatic nitrogens is 1. The molecule has 140 valence electrons. The van der Waals surface area contributed by atoms with Gasteiger partial charge in [0.25, 0.3) is 5.91 Å². The average Bonchev–Trinajstić information content (AvgIpc) is 3.14. The zero-order valence-electron chi connectivity index (χ0n) is 15.6. The molecule has 27 heavy (non-hydrogen) atoms. The zero-order chi connectivity index (χ0) is 19.2. The van der Waals surface area contributed by atoms with Gasteiger partial charge in [-0.25, -0.2) is 4.98 Å². The molecule has 0 unspecified atom stereocenters. The Balaban J connectivity index is 1.55. The van der Waals surface area contributed by atoms with Gasteiger partial charge >= 0.3 is 0 Å². The second kappa shape index (κ2) is 8.68. The Morgan fingerprint density at radius 1 is 1.07 bits per heavy atom. The summed E-state index contributed by atoms with van der Waals surface area (Å²) in [5.41, 5.74) is 3.82. The molecule has 0 spiro atoms. The third-order valence-electron chi connectivity index (χ3n) is 4.21. The van der Waals surface area contributed by atoms with Crippen molar-refractivity contribution in [3.63, 3.8) is 0 Å². The van der Waals surface area contributed by atoms with Crippen LogP contribution in [0.2, 0.25) is 0 Å². The van der Waals surface area contributed by atoms with Crippen LogP contribution in [0.5, 0.6) is 11.5 Å². The minimum Gasteiger partial charge on any atom is -0.493 e. The largest absolute Gasteiger partial charge is 0.493 e. The molecule has 0 aliphatic rings. The van der Waals surface area contributed by atoms with E-state index in [0.29, 0.717) is 23.6 Å². The molecule has 0 radical (unpaired) electrons. The van der Waals surface area contributed by atoms with Crippen LogP contribution in [0.3, 0.4) is 0 Å². The van der Waals surface area contributed by atoms with E-state index < -0.39 is 0 Å². The van der Waals surface area contributed by atoms with Gasteiger partial charge in [-0.15, -0.1) is 11.3 Å². The fourth-order valence-electron chi connectivity index (χ4n) is 2.74. The summed E-state index contributed by atoms with van der Waals surface area (Å²) < 4.78 is 10.4. The molecule has 1 heterocycles. The van der Waals surface area contributed by atoms with Gasteiger partial charge in [-0.3, -0.25) is 4.79 Å². The van der Waals surface area contributed by atoms with E-state index in [9.17, 15) is 4.79 Å². The van der Waals surface area contributed by atoms with Gasteiger partial charge in [0.1, 0.15) is 0 Å². The van der Waals surface area contributed by atoms with Gasteiger partial charge in [-0.1, -0.05) is 24.3 Å². The summed E-state index contributed by atoms with van der Waals surface area (Å²) in [5, 5.41) is 6.07. The van der Waals surface area contributed by atoms with Crippen LogP contribution in [0.15, 0.2) is 47.8 Å². The highest BCUT2D eigenvalue weighted by Gasteiger charge is 2.10. The van der Waals surface area contributed by atoms with Crippen molar-refractivity contribution in [3.05, 3.63) is 64.0 Å². The third-order valence-corrected chi connectivity index (χ3v) is 4.99. The van der Waals surface area contributed by atoms with Crippen molar-refractivity contribution in [2.24, 2.45) is 0 Å². The summed E-state index contributed by atoms with van der Waals surface area (Å²) in [6, 6.07) is 13.4. The Morgan fingerprint density at radius 3 is 2.44 bits per heavy atom. The lowest BCUT2D eigenvalue weighted by Crippen LogP contribution is -2.25. The molecule has 0 bridgehead atoms. The van der Waals surface area contributed by atoms with Crippen LogP contribution in [0.4, 0.5) is 0 Å². The number of carbonyl (C=O) groups excluding carboxylic acids is 1. The van der Waals surface area contributed by atoms with Crippen LogP contribution in [-0.4, -0.2) is 31.7 Å². The number of nitrogens with zero attached hydrogens (tertiary/aromatic N) is 1. The first-order chi connectivity index (χ1) is 13.1. The van der Waals surface area contributed by atoms with E-state index in [4.69, 9.17) is 9.47 Å². The van der Waals surface area contributed by atoms with Gasteiger partial charge in [0.05, 0.1) is 24.9 Å². The maximum absolute atomic E-state index is 12.3. The Morgan fingerprint density at radius 2 is 1.81 bits per heavy atom. The standard InChI is InChI=1S/C21H22N2O3S/c1-14-23-18(13-27-14)16-6-4-15(5-7-16)10-11-22-21(24)17-8-9-19(25-2)20(12-17)26-3/h4-9,12-13H,10-11H2,1-3H3,(H,22,24). The normalized spacial score (nSPS) is 10.5. The minimum atomic E-state index is -0.134. The maximum atomic E-state index is 12.3. The second-order valence-corrected chi connectivity index (χ2v) is 7.09. The lowest BCUT2D eigenvalue weighted by atomic mass is 10.1. The molecular formula is C21H22N2O3S. The van der Waals surface area contributed by atoms with Crippen molar-refractivity contribution in [2.75, 3.05) is 20.8 Å². The van der Waals surface area contributed by atoms with Crippen LogP contribution in [0, 0.1) is 6.92 Å². The Labute approximate surface area is 163 Å². The van der Waals surface area contributed by atoms with Crippen molar-refractivity contribution < 1.29 is 14.3 Å². The molecule has 3 aromatic rings. The number of hydrogen-bond donors (Lipinski definition) is 1. The van der Waals surface area contributed by atoms with Crippen molar-refractivity contribution in [1.82, 2.24) is 10.3 Å². The van der Waals surface area contributed by atoms with Gasteiger partial charge in [0.2, 0.25) is 0 Å². The number of benzene rings is 2. The highest BCUT2D eigenvalue weighted by Crippen LogP contribution is 2.27. The topological polar surface area (TPSA) is 60.5 Å². The third kappa shape index (κ3) is 4.65. The van der Waals surface area contributed by atoms with E-state index in [1.54, 1.807) is 43.8 Å². The molecule has 0 aliphatic heterocycles. The van der Waals surface area contributed by atoms with Crippen molar-refractivity contribution in [2.45, 2.75) is 13.3 Å². The Bertz CT molecular complexity index is 919. The molecule has 1 N–H and O–H groups in total. The maximum Gasteiger partial charge on any atom is 0.251 e. The summed E-state index contributed by atoms with van der Waals surface area (Å²) in [6.07, 6.45) is 0.759. The molecule has 0 saturated carbocycles. The van der Waals surface area contributed by atoms with Gasteiger partial charge in [-0.2, -0.15) is 0 Å². The van der Waals surface area contributed by atoms with Crippen molar-refractivity contribution in [3.8, 4) is 22.8 Å². The molecule has 0 atom stereocenters. The van der Waals surface area contributed by atoms with Crippen LogP contribution in [-0.2, 0) is 6.42 Å². The lowest BCUT2D eigenvalue weighted by molar-refractivity contribution is 0.0953. The number of amides is 1. The number of ether oxygens (including phenoxy) is 2. The second-order valence-electron chi connectivity index (χ2n) is 6.02. The molecule has 0 saturated heterocycles. The van der Waals surface area contributed by atoms with Crippen LogP contribution >= 0.6 is 11.3 Å². The Hall–Kier alpha value is -2.86. The number of carbonyl (C=O) groups is 1. The van der Waals surface area contributed by atoms with Gasteiger partial charge in [-0.05, 0) is 37.1 Å².